The Morgan fingerprint density at radius 1 is 1.07 bits per heavy atom. The maximum Gasteiger partial charge on any atom is 0.259 e. The molecule has 3 aliphatic heterocycles. The van der Waals surface area contributed by atoms with E-state index in [4.69, 9.17) is 4.99 Å². The van der Waals surface area contributed by atoms with Crippen molar-refractivity contribution in [2.75, 3.05) is 32.7 Å². The highest BCUT2D eigenvalue weighted by atomic mass is 16.2. The summed E-state index contributed by atoms with van der Waals surface area (Å²) in [7, 11) is 0. The van der Waals surface area contributed by atoms with Crippen LogP contribution in [0.4, 0.5) is 0 Å². The first-order chi connectivity index (χ1) is 14.2. The summed E-state index contributed by atoms with van der Waals surface area (Å²) in [6, 6.07) is 10.5. The Hall–Kier alpha value is -2.66. The SMILES string of the molecule is CC1=C(CN2C(=O)C3=C(CCN(Cc4ccccc4)C3)N3CCN=C23)C=CCC1. The molecule has 0 unspecified atom stereocenters. The van der Waals surface area contributed by atoms with Crippen LogP contribution < -0.4 is 0 Å². The van der Waals surface area contributed by atoms with Gasteiger partial charge in [-0.3, -0.25) is 19.6 Å². The van der Waals surface area contributed by atoms with Gasteiger partial charge in [0.1, 0.15) is 0 Å². The molecule has 0 fully saturated rings. The number of hydrogen-bond donors (Lipinski definition) is 0. The predicted octanol–water partition coefficient (Wildman–Crippen LogP) is 3.33. The normalized spacial score (nSPS) is 22.2. The average Bonchev–Trinajstić information content (AvgIpc) is 3.23. The third-order valence-corrected chi connectivity index (χ3v) is 6.41. The summed E-state index contributed by atoms with van der Waals surface area (Å²) in [5, 5.41) is 0. The molecule has 3 heterocycles. The van der Waals surface area contributed by atoms with E-state index >= 15 is 0 Å². The van der Waals surface area contributed by atoms with Crippen LogP contribution >= 0.6 is 0 Å². The Bertz CT molecular complexity index is 941. The zero-order valence-electron chi connectivity index (χ0n) is 17.1. The molecule has 150 valence electrons. The van der Waals surface area contributed by atoms with Gasteiger partial charge in [0.2, 0.25) is 5.96 Å². The highest BCUT2D eigenvalue weighted by Gasteiger charge is 2.41. The third kappa shape index (κ3) is 3.44. The van der Waals surface area contributed by atoms with Crippen molar-refractivity contribution in [2.24, 2.45) is 4.99 Å². The molecule has 29 heavy (non-hydrogen) atoms. The molecule has 0 N–H and O–H groups in total. The molecular formula is C24H28N4O. The number of aliphatic imine (C=N–C) groups is 1. The Morgan fingerprint density at radius 3 is 2.76 bits per heavy atom. The van der Waals surface area contributed by atoms with E-state index in [2.05, 4.69) is 53.1 Å². The average molecular weight is 389 g/mol. The number of guanidine groups is 1. The molecule has 5 nitrogen and oxygen atoms in total. The number of carbonyl (C=O) groups is 1. The van der Waals surface area contributed by atoms with Gasteiger partial charge >= 0.3 is 0 Å². The summed E-state index contributed by atoms with van der Waals surface area (Å²) in [5.74, 6) is 1.01. The van der Waals surface area contributed by atoms with Crippen LogP contribution in [0.3, 0.4) is 0 Å². The Kier molecular flexibility index (Phi) is 4.84. The van der Waals surface area contributed by atoms with Crippen molar-refractivity contribution in [3.63, 3.8) is 0 Å². The smallest absolute Gasteiger partial charge is 0.259 e. The van der Waals surface area contributed by atoms with Crippen LogP contribution in [0.2, 0.25) is 0 Å². The third-order valence-electron chi connectivity index (χ3n) is 6.41. The minimum Gasteiger partial charge on any atom is -0.314 e. The molecular weight excluding hydrogens is 360 g/mol. The second kappa shape index (κ2) is 7.64. The number of rotatable bonds is 4. The van der Waals surface area contributed by atoms with Crippen molar-refractivity contribution < 1.29 is 4.79 Å². The van der Waals surface area contributed by atoms with Gasteiger partial charge in [0, 0.05) is 38.3 Å². The molecule has 0 aromatic heterocycles. The van der Waals surface area contributed by atoms with Crippen molar-refractivity contribution in [3.8, 4) is 0 Å². The molecule has 0 saturated carbocycles. The molecule has 0 radical (unpaired) electrons. The quantitative estimate of drug-likeness (QED) is 0.794. The van der Waals surface area contributed by atoms with E-state index in [1.54, 1.807) is 0 Å². The lowest BCUT2D eigenvalue weighted by Crippen LogP contribution is -2.54. The number of fused-ring (bicyclic) bond motifs is 2. The van der Waals surface area contributed by atoms with Gasteiger partial charge in [-0.15, -0.1) is 0 Å². The molecule has 0 saturated heterocycles. The van der Waals surface area contributed by atoms with Gasteiger partial charge in [0.15, 0.2) is 0 Å². The maximum absolute atomic E-state index is 13.6. The van der Waals surface area contributed by atoms with Crippen molar-refractivity contribution in [1.82, 2.24) is 14.7 Å². The number of nitrogens with zero attached hydrogens (tertiary/aromatic N) is 4. The first kappa shape index (κ1) is 18.4. The lowest BCUT2D eigenvalue weighted by molar-refractivity contribution is -0.124. The summed E-state index contributed by atoms with van der Waals surface area (Å²) in [5.41, 5.74) is 6.12. The van der Waals surface area contributed by atoms with Gasteiger partial charge in [0.05, 0.1) is 18.7 Å². The fourth-order valence-corrected chi connectivity index (χ4v) is 4.78. The minimum atomic E-state index is 0.147. The standard InChI is InChI=1S/C24H28N4O/c1-18-7-5-6-10-20(18)16-28-23(29)21-17-26(15-19-8-3-2-4-9-19)13-11-22(21)27-14-12-25-24(27)28/h2-4,6,8-10H,5,7,11-17H2,1H3. The van der Waals surface area contributed by atoms with E-state index in [0.29, 0.717) is 6.54 Å². The van der Waals surface area contributed by atoms with Gasteiger partial charge in [0.25, 0.3) is 5.91 Å². The highest BCUT2D eigenvalue weighted by Crippen LogP contribution is 2.32. The maximum atomic E-state index is 13.6. The summed E-state index contributed by atoms with van der Waals surface area (Å²) in [6.45, 7) is 7.08. The van der Waals surface area contributed by atoms with Crippen LogP contribution in [0.1, 0.15) is 31.7 Å². The molecule has 0 bridgehead atoms. The van der Waals surface area contributed by atoms with Gasteiger partial charge in [-0.05, 0) is 30.9 Å². The Balaban J connectivity index is 1.41. The van der Waals surface area contributed by atoms with Crippen LogP contribution in [-0.4, -0.2) is 59.3 Å². The highest BCUT2D eigenvalue weighted by molar-refractivity contribution is 6.10. The Morgan fingerprint density at radius 2 is 1.93 bits per heavy atom. The first-order valence-corrected chi connectivity index (χ1v) is 10.7. The number of allylic oxidation sites excluding steroid dienone is 2. The molecule has 1 amide bonds. The fourth-order valence-electron chi connectivity index (χ4n) is 4.78. The first-order valence-electron chi connectivity index (χ1n) is 10.7. The summed E-state index contributed by atoms with van der Waals surface area (Å²) in [4.78, 5) is 24.9. The zero-order chi connectivity index (χ0) is 19.8. The summed E-state index contributed by atoms with van der Waals surface area (Å²) in [6.07, 6.45) is 7.52. The number of carbonyl (C=O) groups excluding carboxylic acids is 1. The van der Waals surface area contributed by atoms with Gasteiger partial charge in [-0.25, -0.2) is 0 Å². The van der Waals surface area contributed by atoms with E-state index in [0.717, 1.165) is 63.5 Å². The van der Waals surface area contributed by atoms with Crippen LogP contribution in [-0.2, 0) is 11.3 Å². The second-order valence-corrected chi connectivity index (χ2v) is 8.34. The van der Waals surface area contributed by atoms with Crippen molar-refractivity contribution in [1.29, 1.82) is 0 Å². The van der Waals surface area contributed by atoms with E-state index in [9.17, 15) is 4.79 Å². The van der Waals surface area contributed by atoms with Crippen molar-refractivity contribution in [2.45, 2.75) is 32.7 Å². The molecule has 5 rings (SSSR count). The van der Waals surface area contributed by atoms with E-state index in [1.165, 1.54) is 22.4 Å². The second-order valence-electron chi connectivity index (χ2n) is 8.34. The minimum absolute atomic E-state index is 0.147. The fraction of sp³-hybridized carbons (Fsp3) is 0.417. The lowest BCUT2D eigenvalue weighted by atomic mass is 9.96. The molecule has 0 spiro atoms. The van der Waals surface area contributed by atoms with Crippen molar-refractivity contribution >= 4 is 11.9 Å². The Labute approximate surface area is 172 Å². The summed E-state index contributed by atoms with van der Waals surface area (Å²) >= 11 is 0. The number of amides is 1. The molecule has 5 heteroatoms. The number of hydrogen-bond acceptors (Lipinski definition) is 4. The number of benzene rings is 1. The van der Waals surface area contributed by atoms with Gasteiger partial charge < -0.3 is 4.90 Å². The van der Waals surface area contributed by atoms with E-state index in [-0.39, 0.29) is 5.91 Å². The molecule has 4 aliphatic rings. The van der Waals surface area contributed by atoms with E-state index < -0.39 is 0 Å². The van der Waals surface area contributed by atoms with Gasteiger partial charge in [-0.1, -0.05) is 48.1 Å². The molecule has 1 aliphatic carbocycles. The van der Waals surface area contributed by atoms with Crippen LogP contribution in [0.15, 0.2) is 69.9 Å². The molecule has 0 atom stereocenters. The predicted molar refractivity (Wildman–Crippen MR) is 115 cm³/mol. The summed E-state index contributed by atoms with van der Waals surface area (Å²) < 4.78 is 0. The van der Waals surface area contributed by atoms with Crippen molar-refractivity contribution in [3.05, 3.63) is 70.5 Å². The molecule has 1 aromatic carbocycles. The lowest BCUT2D eigenvalue weighted by Gasteiger charge is -2.42. The van der Waals surface area contributed by atoms with E-state index in [1.807, 2.05) is 11.0 Å². The largest absolute Gasteiger partial charge is 0.314 e. The topological polar surface area (TPSA) is 39.2 Å². The van der Waals surface area contributed by atoms with Crippen LogP contribution in [0, 0.1) is 0 Å². The monoisotopic (exact) mass is 388 g/mol. The van der Waals surface area contributed by atoms with Crippen LogP contribution in [0.25, 0.3) is 0 Å². The van der Waals surface area contributed by atoms with Gasteiger partial charge in [-0.2, -0.15) is 0 Å². The van der Waals surface area contributed by atoms with Crippen LogP contribution in [0.5, 0.6) is 0 Å². The zero-order valence-corrected chi connectivity index (χ0v) is 17.1. The molecule has 1 aromatic rings.